The predicted octanol–water partition coefficient (Wildman–Crippen LogP) is 2.72. The molecule has 2 rings (SSSR count). The summed E-state index contributed by atoms with van der Waals surface area (Å²) in [5.74, 6) is -0.117. The van der Waals surface area contributed by atoms with Crippen LogP contribution in [0.4, 0.5) is 10.1 Å². The fourth-order valence-electron chi connectivity index (χ4n) is 2.69. The van der Waals surface area contributed by atoms with Gasteiger partial charge < -0.3 is 10.2 Å². The minimum atomic E-state index is -0.117. The second kappa shape index (κ2) is 6.75. The van der Waals surface area contributed by atoms with Gasteiger partial charge in [0.05, 0.1) is 5.69 Å². The van der Waals surface area contributed by atoms with E-state index in [0.29, 0.717) is 6.04 Å². The quantitative estimate of drug-likeness (QED) is 0.921. The Balaban J connectivity index is 1.84. The molecule has 1 aliphatic heterocycles. The largest absolute Gasteiger partial charge is 0.367 e. The number of para-hydroxylation sites is 1. The Morgan fingerprint density at radius 3 is 2.33 bits per heavy atom. The van der Waals surface area contributed by atoms with E-state index in [1.807, 2.05) is 12.1 Å². The topological polar surface area (TPSA) is 18.5 Å². The van der Waals surface area contributed by atoms with Crippen LogP contribution in [-0.2, 0) is 0 Å². The number of rotatable bonds is 4. The lowest BCUT2D eigenvalue weighted by atomic mass is 10.1. The summed E-state index contributed by atoms with van der Waals surface area (Å²) in [6, 6.07) is 7.57. The Labute approximate surface area is 128 Å². The van der Waals surface area contributed by atoms with Crippen molar-refractivity contribution in [2.75, 3.05) is 37.6 Å². The zero-order chi connectivity index (χ0) is 15.5. The lowest BCUT2D eigenvalue weighted by molar-refractivity contribution is 0.184. The summed E-state index contributed by atoms with van der Waals surface area (Å²) < 4.78 is 13.8. The number of anilines is 1. The van der Waals surface area contributed by atoms with Crippen LogP contribution in [0.2, 0.25) is 0 Å². The van der Waals surface area contributed by atoms with Crippen molar-refractivity contribution in [3.05, 3.63) is 30.1 Å². The molecule has 1 heterocycles. The summed E-state index contributed by atoms with van der Waals surface area (Å²) in [6.07, 6.45) is 0. The van der Waals surface area contributed by atoms with Gasteiger partial charge in [-0.25, -0.2) is 4.39 Å². The highest BCUT2D eigenvalue weighted by Gasteiger charge is 2.23. The molecule has 118 valence electrons. The highest BCUT2D eigenvalue weighted by atomic mass is 19.1. The summed E-state index contributed by atoms with van der Waals surface area (Å²) in [6.45, 7) is 13.6. The van der Waals surface area contributed by atoms with Crippen molar-refractivity contribution in [1.82, 2.24) is 10.2 Å². The molecule has 1 fully saturated rings. The van der Waals surface area contributed by atoms with Crippen molar-refractivity contribution in [2.45, 2.75) is 39.3 Å². The van der Waals surface area contributed by atoms with Gasteiger partial charge in [-0.15, -0.1) is 0 Å². The van der Waals surface area contributed by atoms with Crippen molar-refractivity contribution in [2.24, 2.45) is 0 Å². The Bertz CT molecular complexity index is 448. The van der Waals surface area contributed by atoms with Crippen LogP contribution in [0, 0.1) is 5.82 Å². The molecular weight excluding hydrogens is 265 g/mol. The maximum absolute atomic E-state index is 13.8. The summed E-state index contributed by atoms with van der Waals surface area (Å²) in [4.78, 5) is 4.63. The molecular formula is C17H28FN3. The van der Waals surface area contributed by atoms with E-state index in [9.17, 15) is 4.39 Å². The van der Waals surface area contributed by atoms with E-state index in [1.165, 1.54) is 6.07 Å². The fraction of sp³-hybridized carbons (Fsp3) is 0.647. The van der Waals surface area contributed by atoms with Crippen LogP contribution in [0.1, 0.15) is 27.7 Å². The van der Waals surface area contributed by atoms with E-state index in [2.05, 4.69) is 42.8 Å². The molecule has 1 aromatic rings. The van der Waals surface area contributed by atoms with Crippen LogP contribution in [0.5, 0.6) is 0 Å². The molecule has 1 unspecified atom stereocenters. The summed E-state index contributed by atoms with van der Waals surface area (Å²) in [7, 11) is 0. The number of piperazine rings is 1. The zero-order valence-electron chi connectivity index (χ0n) is 13.7. The number of nitrogens with one attached hydrogen (secondary N) is 1. The third kappa shape index (κ3) is 4.68. The van der Waals surface area contributed by atoms with Gasteiger partial charge in [0.15, 0.2) is 0 Å². The van der Waals surface area contributed by atoms with Gasteiger partial charge in [-0.3, -0.25) is 4.90 Å². The van der Waals surface area contributed by atoms with Gasteiger partial charge in [0.25, 0.3) is 0 Å². The van der Waals surface area contributed by atoms with Gasteiger partial charge in [-0.2, -0.15) is 0 Å². The average molecular weight is 293 g/mol. The highest BCUT2D eigenvalue weighted by Crippen LogP contribution is 2.20. The van der Waals surface area contributed by atoms with Crippen LogP contribution in [0.15, 0.2) is 24.3 Å². The minimum Gasteiger partial charge on any atom is -0.367 e. The van der Waals surface area contributed by atoms with Gasteiger partial charge >= 0.3 is 0 Å². The van der Waals surface area contributed by atoms with Crippen molar-refractivity contribution in [3.63, 3.8) is 0 Å². The van der Waals surface area contributed by atoms with Gasteiger partial charge in [-0.05, 0) is 39.8 Å². The zero-order valence-corrected chi connectivity index (χ0v) is 13.7. The smallest absolute Gasteiger partial charge is 0.146 e. The standard InChI is InChI=1S/C17H28FN3/c1-14(13-19-17(2,3)4)20-9-11-21(12-10-20)16-8-6-5-7-15(16)18/h5-8,14,19H,9-13H2,1-4H3. The molecule has 0 amide bonds. The molecule has 1 saturated heterocycles. The fourth-order valence-corrected chi connectivity index (χ4v) is 2.69. The van der Waals surface area contributed by atoms with Crippen LogP contribution in [0.25, 0.3) is 0 Å². The van der Waals surface area contributed by atoms with Crippen LogP contribution in [0.3, 0.4) is 0 Å². The van der Waals surface area contributed by atoms with Crippen molar-refractivity contribution < 1.29 is 4.39 Å². The SMILES string of the molecule is CC(CNC(C)(C)C)N1CCN(c2ccccc2F)CC1. The Kier molecular flexibility index (Phi) is 5.22. The van der Waals surface area contributed by atoms with Crippen molar-refractivity contribution in [1.29, 1.82) is 0 Å². The van der Waals surface area contributed by atoms with Crippen LogP contribution < -0.4 is 10.2 Å². The first-order valence-corrected chi connectivity index (χ1v) is 7.85. The molecule has 4 heteroatoms. The van der Waals surface area contributed by atoms with Crippen molar-refractivity contribution >= 4 is 5.69 Å². The summed E-state index contributed by atoms with van der Waals surface area (Å²) in [5, 5.41) is 3.56. The lowest BCUT2D eigenvalue weighted by Crippen LogP contribution is -2.53. The molecule has 0 radical (unpaired) electrons. The first-order chi connectivity index (χ1) is 9.87. The Morgan fingerprint density at radius 2 is 1.76 bits per heavy atom. The second-order valence-electron chi connectivity index (χ2n) is 6.95. The molecule has 0 spiro atoms. The molecule has 0 bridgehead atoms. The van der Waals surface area contributed by atoms with Gasteiger partial charge in [0, 0.05) is 44.3 Å². The normalized spacial score (nSPS) is 18.8. The van der Waals surface area contributed by atoms with E-state index < -0.39 is 0 Å². The summed E-state index contributed by atoms with van der Waals surface area (Å²) >= 11 is 0. The number of nitrogens with zero attached hydrogens (tertiary/aromatic N) is 2. The molecule has 3 nitrogen and oxygen atoms in total. The van der Waals surface area contributed by atoms with E-state index >= 15 is 0 Å². The molecule has 0 saturated carbocycles. The highest BCUT2D eigenvalue weighted by molar-refractivity contribution is 5.47. The number of hydrogen-bond donors (Lipinski definition) is 1. The Morgan fingerprint density at radius 1 is 1.14 bits per heavy atom. The number of halogens is 1. The minimum absolute atomic E-state index is 0.117. The van der Waals surface area contributed by atoms with Crippen LogP contribution in [-0.4, -0.2) is 49.2 Å². The molecule has 0 aliphatic carbocycles. The van der Waals surface area contributed by atoms with Gasteiger partial charge in [0.2, 0.25) is 0 Å². The third-order valence-electron chi connectivity index (χ3n) is 4.06. The van der Waals surface area contributed by atoms with E-state index in [0.717, 1.165) is 38.4 Å². The van der Waals surface area contributed by atoms with Crippen molar-refractivity contribution in [3.8, 4) is 0 Å². The Hall–Kier alpha value is -1.13. The van der Waals surface area contributed by atoms with Crippen LogP contribution >= 0.6 is 0 Å². The molecule has 1 aromatic carbocycles. The number of benzene rings is 1. The second-order valence-corrected chi connectivity index (χ2v) is 6.95. The first-order valence-electron chi connectivity index (χ1n) is 7.85. The number of hydrogen-bond acceptors (Lipinski definition) is 3. The molecule has 21 heavy (non-hydrogen) atoms. The maximum atomic E-state index is 13.8. The molecule has 0 aromatic heterocycles. The molecule has 1 aliphatic rings. The van der Waals surface area contributed by atoms with Gasteiger partial charge in [-0.1, -0.05) is 12.1 Å². The lowest BCUT2D eigenvalue weighted by Gasteiger charge is -2.40. The predicted molar refractivity (Wildman–Crippen MR) is 87.4 cm³/mol. The van der Waals surface area contributed by atoms with Gasteiger partial charge in [0.1, 0.15) is 5.82 Å². The average Bonchev–Trinajstić information content (AvgIpc) is 2.45. The van der Waals surface area contributed by atoms with E-state index in [-0.39, 0.29) is 11.4 Å². The van der Waals surface area contributed by atoms with E-state index in [4.69, 9.17) is 0 Å². The third-order valence-corrected chi connectivity index (χ3v) is 4.06. The monoisotopic (exact) mass is 293 g/mol. The summed E-state index contributed by atoms with van der Waals surface area (Å²) in [5.41, 5.74) is 0.890. The van der Waals surface area contributed by atoms with E-state index in [1.54, 1.807) is 6.07 Å². The maximum Gasteiger partial charge on any atom is 0.146 e. The molecule has 1 atom stereocenters. The first kappa shape index (κ1) is 16.2. The molecule has 1 N–H and O–H groups in total.